The molecule has 0 aliphatic carbocycles. The van der Waals surface area contributed by atoms with Crippen LogP contribution in [0, 0.1) is 0 Å². The quantitative estimate of drug-likeness (QED) is 0.774. The molecular formula is C18H21N3. The van der Waals surface area contributed by atoms with Crippen LogP contribution in [0.3, 0.4) is 0 Å². The van der Waals surface area contributed by atoms with E-state index in [-0.39, 0.29) is 0 Å². The molecule has 0 saturated heterocycles. The standard InChI is InChI=1S/C18H21N3/c1-3-19-14(2)13-18-20-16-11-7-8-12-17(16)21(18)15-9-5-4-6-10-15/h4-12,14,19H,3,13H2,1-2H3. The second kappa shape index (κ2) is 6.10. The molecule has 21 heavy (non-hydrogen) atoms. The minimum Gasteiger partial charge on any atom is -0.314 e. The van der Waals surface area contributed by atoms with Crippen molar-refractivity contribution < 1.29 is 0 Å². The zero-order valence-electron chi connectivity index (χ0n) is 12.6. The molecule has 0 fully saturated rings. The molecule has 1 N–H and O–H groups in total. The van der Waals surface area contributed by atoms with Crippen LogP contribution in [0.25, 0.3) is 16.7 Å². The Labute approximate surface area is 125 Å². The highest BCUT2D eigenvalue weighted by atomic mass is 15.1. The maximum atomic E-state index is 4.83. The molecule has 1 unspecified atom stereocenters. The lowest BCUT2D eigenvalue weighted by Gasteiger charge is -2.14. The molecule has 108 valence electrons. The highest BCUT2D eigenvalue weighted by molar-refractivity contribution is 5.78. The van der Waals surface area contributed by atoms with Crippen molar-refractivity contribution in [3.8, 4) is 5.69 Å². The number of benzene rings is 2. The van der Waals surface area contributed by atoms with Crippen LogP contribution in [0.1, 0.15) is 19.7 Å². The Morgan fingerprint density at radius 2 is 1.76 bits per heavy atom. The third-order valence-electron chi connectivity index (χ3n) is 3.69. The van der Waals surface area contributed by atoms with E-state index in [1.807, 2.05) is 12.1 Å². The Hall–Kier alpha value is -2.13. The number of fused-ring (bicyclic) bond motifs is 1. The number of rotatable bonds is 5. The molecule has 0 spiro atoms. The summed E-state index contributed by atoms with van der Waals surface area (Å²) in [5.41, 5.74) is 3.40. The number of para-hydroxylation sites is 3. The Bertz CT molecular complexity index is 716. The van der Waals surface area contributed by atoms with Gasteiger partial charge in [-0.2, -0.15) is 0 Å². The molecular weight excluding hydrogens is 258 g/mol. The Morgan fingerprint density at radius 1 is 1.05 bits per heavy atom. The maximum absolute atomic E-state index is 4.83. The summed E-state index contributed by atoms with van der Waals surface area (Å²) in [6.07, 6.45) is 0.914. The molecule has 3 heteroatoms. The van der Waals surface area contributed by atoms with Crippen molar-refractivity contribution in [1.82, 2.24) is 14.9 Å². The fraction of sp³-hybridized carbons (Fsp3) is 0.278. The first-order valence-electron chi connectivity index (χ1n) is 7.54. The molecule has 3 aromatic rings. The van der Waals surface area contributed by atoms with Gasteiger partial charge in [0.15, 0.2) is 0 Å². The van der Waals surface area contributed by atoms with E-state index in [4.69, 9.17) is 4.98 Å². The van der Waals surface area contributed by atoms with E-state index >= 15 is 0 Å². The number of hydrogen-bond acceptors (Lipinski definition) is 2. The zero-order valence-corrected chi connectivity index (χ0v) is 12.6. The van der Waals surface area contributed by atoms with Crippen LogP contribution >= 0.6 is 0 Å². The lowest BCUT2D eigenvalue weighted by Crippen LogP contribution is -2.28. The summed E-state index contributed by atoms with van der Waals surface area (Å²) in [4.78, 5) is 4.83. The van der Waals surface area contributed by atoms with Gasteiger partial charge in [-0.05, 0) is 37.7 Å². The van der Waals surface area contributed by atoms with Crippen molar-refractivity contribution in [1.29, 1.82) is 0 Å². The highest BCUT2D eigenvalue weighted by Gasteiger charge is 2.14. The first-order chi connectivity index (χ1) is 10.3. The molecule has 0 aliphatic rings. The molecule has 1 atom stereocenters. The average Bonchev–Trinajstić information content (AvgIpc) is 2.86. The van der Waals surface area contributed by atoms with E-state index < -0.39 is 0 Å². The lowest BCUT2D eigenvalue weighted by atomic mass is 10.2. The van der Waals surface area contributed by atoms with Gasteiger partial charge in [-0.25, -0.2) is 4.98 Å². The van der Waals surface area contributed by atoms with Crippen LogP contribution in [0.4, 0.5) is 0 Å². The van der Waals surface area contributed by atoms with E-state index in [1.165, 1.54) is 11.2 Å². The number of imidazole rings is 1. The summed E-state index contributed by atoms with van der Waals surface area (Å²) in [5.74, 6) is 1.11. The van der Waals surface area contributed by atoms with E-state index in [0.717, 1.165) is 24.3 Å². The van der Waals surface area contributed by atoms with Gasteiger partial charge in [0, 0.05) is 18.2 Å². The van der Waals surface area contributed by atoms with Crippen molar-refractivity contribution in [2.75, 3.05) is 6.54 Å². The Morgan fingerprint density at radius 3 is 2.52 bits per heavy atom. The van der Waals surface area contributed by atoms with Gasteiger partial charge in [0.25, 0.3) is 0 Å². The number of nitrogens with one attached hydrogen (secondary N) is 1. The molecule has 0 saturated carbocycles. The predicted molar refractivity (Wildman–Crippen MR) is 87.9 cm³/mol. The van der Waals surface area contributed by atoms with Crippen LogP contribution in [0.15, 0.2) is 54.6 Å². The Balaban J connectivity index is 2.10. The van der Waals surface area contributed by atoms with Gasteiger partial charge >= 0.3 is 0 Å². The van der Waals surface area contributed by atoms with Crippen LogP contribution < -0.4 is 5.32 Å². The lowest BCUT2D eigenvalue weighted by molar-refractivity contribution is 0.550. The van der Waals surface area contributed by atoms with Crippen LogP contribution in [0.2, 0.25) is 0 Å². The van der Waals surface area contributed by atoms with E-state index in [1.54, 1.807) is 0 Å². The van der Waals surface area contributed by atoms with Gasteiger partial charge in [0.05, 0.1) is 11.0 Å². The van der Waals surface area contributed by atoms with Crippen molar-refractivity contribution in [2.45, 2.75) is 26.3 Å². The van der Waals surface area contributed by atoms with Gasteiger partial charge in [-0.3, -0.25) is 4.57 Å². The van der Waals surface area contributed by atoms with Gasteiger partial charge < -0.3 is 5.32 Å². The van der Waals surface area contributed by atoms with Gasteiger partial charge in [-0.1, -0.05) is 37.3 Å². The molecule has 0 amide bonds. The number of hydrogen-bond donors (Lipinski definition) is 1. The van der Waals surface area contributed by atoms with Crippen LogP contribution in [-0.4, -0.2) is 22.1 Å². The number of aromatic nitrogens is 2. The highest BCUT2D eigenvalue weighted by Crippen LogP contribution is 2.22. The summed E-state index contributed by atoms with van der Waals surface area (Å²) >= 11 is 0. The minimum absolute atomic E-state index is 0.411. The molecule has 2 aromatic carbocycles. The number of nitrogens with zero attached hydrogens (tertiary/aromatic N) is 2. The third kappa shape index (κ3) is 2.83. The molecule has 3 nitrogen and oxygen atoms in total. The normalized spacial score (nSPS) is 12.7. The van der Waals surface area contributed by atoms with Crippen molar-refractivity contribution in [3.63, 3.8) is 0 Å². The van der Waals surface area contributed by atoms with Gasteiger partial charge in [0.1, 0.15) is 5.82 Å². The van der Waals surface area contributed by atoms with Crippen LogP contribution in [-0.2, 0) is 6.42 Å². The van der Waals surface area contributed by atoms with Crippen LogP contribution in [0.5, 0.6) is 0 Å². The van der Waals surface area contributed by atoms with Gasteiger partial charge in [-0.15, -0.1) is 0 Å². The molecule has 1 heterocycles. The molecule has 1 aromatic heterocycles. The smallest absolute Gasteiger partial charge is 0.116 e. The summed E-state index contributed by atoms with van der Waals surface area (Å²) in [5, 5.41) is 3.46. The Kier molecular flexibility index (Phi) is 4.02. The third-order valence-corrected chi connectivity index (χ3v) is 3.69. The SMILES string of the molecule is CCNC(C)Cc1nc2ccccc2n1-c1ccccc1. The summed E-state index contributed by atoms with van der Waals surface area (Å²) in [6, 6.07) is 19.2. The molecule has 3 rings (SSSR count). The van der Waals surface area contributed by atoms with Crippen molar-refractivity contribution in [3.05, 3.63) is 60.4 Å². The average molecular weight is 279 g/mol. The predicted octanol–water partition coefficient (Wildman–Crippen LogP) is 3.57. The molecule has 0 radical (unpaired) electrons. The van der Waals surface area contributed by atoms with E-state index in [2.05, 4.69) is 66.2 Å². The fourth-order valence-corrected chi connectivity index (χ4v) is 2.77. The fourth-order valence-electron chi connectivity index (χ4n) is 2.77. The topological polar surface area (TPSA) is 29.9 Å². The first-order valence-corrected chi connectivity index (χ1v) is 7.54. The second-order valence-corrected chi connectivity index (χ2v) is 5.35. The molecule has 0 aliphatic heterocycles. The number of likely N-dealkylation sites (N-methyl/N-ethyl adjacent to an activating group) is 1. The first kappa shape index (κ1) is 13.8. The van der Waals surface area contributed by atoms with Crippen molar-refractivity contribution in [2.24, 2.45) is 0 Å². The van der Waals surface area contributed by atoms with E-state index in [9.17, 15) is 0 Å². The summed E-state index contributed by atoms with van der Waals surface area (Å²) in [7, 11) is 0. The minimum atomic E-state index is 0.411. The zero-order chi connectivity index (χ0) is 14.7. The monoisotopic (exact) mass is 279 g/mol. The maximum Gasteiger partial charge on any atom is 0.116 e. The van der Waals surface area contributed by atoms with E-state index in [0.29, 0.717) is 6.04 Å². The summed E-state index contributed by atoms with van der Waals surface area (Å²) in [6.45, 7) is 5.32. The van der Waals surface area contributed by atoms with Gasteiger partial charge in [0.2, 0.25) is 0 Å². The largest absolute Gasteiger partial charge is 0.314 e. The van der Waals surface area contributed by atoms with Crippen molar-refractivity contribution >= 4 is 11.0 Å². The molecule has 0 bridgehead atoms. The summed E-state index contributed by atoms with van der Waals surface area (Å²) < 4.78 is 2.27. The second-order valence-electron chi connectivity index (χ2n) is 5.35.